The molecule has 0 atom stereocenters. The van der Waals surface area contributed by atoms with Gasteiger partial charge in [-0.15, -0.1) is 5.10 Å². The molecule has 2 aliphatic rings. The monoisotopic (exact) mass is 334 g/mol. The van der Waals surface area contributed by atoms with Crippen LogP contribution in [0.2, 0.25) is 0 Å². The summed E-state index contributed by atoms with van der Waals surface area (Å²) in [5.41, 5.74) is 0. The van der Waals surface area contributed by atoms with Crippen LogP contribution in [0.15, 0.2) is 9.63 Å². The second kappa shape index (κ2) is 4.28. The maximum Gasteiger partial charge on any atom is 0.263 e. The van der Waals surface area contributed by atoms with E-state index >= 15 is 0 Å². The molecule has 18 heavy (non-hydrogen) atoms. The first-order valence-electron chi connectivity index (χ1n) is 6.07. The van der Waals surface area contributed by atoms with E-state index < -0.39 is 10.0 Å². The standard InChI is InChI=1S/C10H15BrN4O2S/c1-14-10(9(11)12-13-14)18(16,17)15(8-4-5-8)6-7-2-3-7/h7-8H,2-6H2,1H3. The smallest absolute Gasteiger partial charge is 0.235 e. The zero-order valence-corrected chi connectivity index (χ0v) is 12.5. The Balaban J connectivity index is 1.95. The van der Waals surface area contributed by atoms with Crippen LogP contribution < -0.4 is 0 Å². The van der Waals surface area contributed by atoms with Crippen LogP contribution in [0.25, 0.3) is 0 Å². The van der Waals surface area contributed by atoms with Gasteiger partial charge in [-0.1, -0.05) is 5.21 Å². The second-order valence-electron chi connectivity index (χ2n) is 5.06. The van der Waals surface area contributed by atoms with Crippen molar-refractivity contribution in [3.05, 3.63) is 4.60 Å². The van der Waals surface area contributed by atoms with Gasteiger partial charge in [0.2, 0.25) is 5.03 Å². The van der Waals surface area contributed by atoms with Gasteiger partial charge in [-0.3, -0.25) is 0 Å². The van der Waals surface area contributed by atoms with Gasteiger partial charge in [-0.2, -0.15) is 4.31 Å². The van der Waals surface area contributed by atoms with Crippen LogP contribution in [0.3, 0.4) is 0 Å². The summed E-state index contributed by atoms with van der Waals surface area (Å²) in [4.78, 5) is 0. The Bertz CT molecular complexity index is 543. The van der Waals surface area contributed by atoms with Crippen molar-refractivity contribution in [1.29, 1.82) is 0 Å². The van der Waals surface area contributed by atoms with Gasteiger partial charge in [0.1, 0.15) is 0 Å². The van der Waals surface area contributed by atoms with Gasteiger partial charge in [0.15, 0.2) is 4.60 Å². The molecule has 2 aliphatic carbocycles. The van der Waals surface area contributed by atoms with Crippen molar-refractivity contribution in [3.63, 3.8) is 0 Å². The summed E-state index contributed by atoms with van der Waals surface area (Å²) in [7, 11) is -1.88. The summed E-state index contributed by atoms with van der Waals surface area (Å²) < 4.78 is 28.6. The first kappa shape index (κ1) is 12.6. The van der Waals surface area contributed by atoms with Crippen molar-refractivity contribution < 1.29 is 8.42 Å². The lowest BCUT2D eigenvalue weighted by Crippen LogP contribution is -2.36. The number of rotatable bonds is 5. The van der Waals surface area contributed by atoms with Gasteiger partial charge in [0.25, 0.3) is 10.0 Å². The predicted molar refractivity (Wildman–Crippen MR) is 68.3 cm³/mol. The van der Waals surface area contributed by atoms with Gasteiger partial charge < -0.3 is 0 Å². The van der Waals surface area contributed by atoms with Crippen LogP contribution >= 0.6 is 15.9 Å². The summed E-state index contributed by atoms with van der Waals surface area (Å²) in [6, 6.07) is 0.178. The Morgan fingerprint density at radius 2 is 2.06 bits per heavy atom. The molecule has 100 valence electrons. The topological polar surface area (TPSA) is 68.1 Å². The third-order valence-corrected chi connectivity index (χ3v) is 6.19. The van der Waals surface area contributed by atoms with E-state index in [2.05, 4.69) is 26.2 Å². The largest absolute Gasteiger partial charge is 0.263 e. The van der Waals surface area contributed by atoms with Crippen LogP contribution in [0.5, 0.6) is 0 Å². The molecule has 8 heteroatoms. The molecular weight excluding hydrogens is 320 g/mol. The predicted octanol–water partition coefficient (Wildman–Crippen LogP) is 1.14. The maximum absolute atomic E-state index is 12.7. The van der Waals surface area contributed by atoms with E-state index in [-0.39, 0.29) is 11.1 Å². The summed E-state index contributed by atoms with van der Waals surface area (Å²) >= 11 is 3.17. The normalized spacial score (nSPS) is 20.6. The highest BCUT2D eigenvalue weighted by Crippen LogP contribution is 2.38. The van der Waals surface area contributed by atoms with E-state index in [1.165, 1.54) is 4.68 Å². The third-order valence-electron chi connectivity index (χ3n) is 3.38. The molecule has 0 aliphatic heterocycles. The fourth-order valence-corrected chi connectivity index (χ4v) is 4.87. The molecule has 2 saturated carbocycles. The lowest BCUT2D eigenvalue weighted by atomic mass is 10.4. The van der Waals surface area contributed by atoms with Crippen molar-refractivity contribution >= 4 is 26.0 Å². The van der Waals surface area contributed by atoms with E-state index in [0.29, 0.717) is 17.1 Å². The molecule has 0 spiro atoms. The molecule has 1 aromatic rings. The average Bonchev–Trinajstić information content (AvgIpc) is 3.17. The third kappa shape index (κ3) is 2.21. The number of halogens is 1. The minimum absolute atomic E-state index is 0.162. The van der Waals surface area contributed by atoms with E-state index in [9.17, 15) is 8.42 Å². The fourth-order valence-electron chi connectivity index (χ4n) is 2.07. The summed E-state index contributed by atoms with van der Waals surface area (Å²) in [6.45, 7) is 0.643. The number of sulfonamides is 1. The molecular formula is C10H15BrN4O2S. The van der Waals surface area contributed by atoms with Crippen molar-refractivity contribution in [2.45, 2.75) is 36.8 Å². The van der Waals surface area contributed by atoms with Crippen molar-refractivity contribution in [1.82, 2.24) is 19.3 Å². The highest BCUT2D eigenvalue weighted by Gasteiger charge is 2.43. The Labute approximate surface area is 115 Å². The average molecular weight is 335 g/mol. The van der Waals surface area contributed by atoms with Crippen molar-refractivity contribution in [3.8, 4) is 0 Å². The molecule has 0 N–H and O–H groups in total. The van der Waals surface area contributed by atoms with Crippen molar-refractivity contribution in [2.75, 3.05) is 6.54 Å². The Kier molecular flexibility index (Phi) is 2.98. The van der Waals surface area contributed by atoms with Crippen LogP contribution in [0, 0.1) is 5.92 Å². The molecule has 1 heterocycles. The first-order chi connectivity index (χ1) is 8.50. The van der Waals surface area contributed by atoms with Crippen LogP contribution in [0.4, 0.5) is 0 Å². The Morgan fingerprint density at radius 1 is 1.39 bits per heavy atom. The highest BCUT2D eigenvalue weighted by molar-refractivity contribution is 9.10. The molecule has 0 radical (unpaired) electrons. The number of nitrogens with zero attached hydrogens (tertiary/aromatic N) is 4. The number of aryl methyl sites for hydroxylation is 1. The van der Waals surface area contributed by atoms with Crippen LogP contribution in [-0.4, -0.2) is 40.3 Å². The fraction of sp³-hybridized carbons (Fsp3) is 0.800. The zero-order valence-electron chi connectivity index (χ0n) is 10.1. The molecule has 0 unspecified atom stereocenters. The van der Waals surface area contributed by atoms with Gasteiger partial charge in [-0.25, -0.2) is 13.1 Å². The summed E-state index contributed by atoms with van der Waals surface area (Å²) in [6.07, 6.45) is 4.22. The lowest BCUT2D eigenvalue weighted by Gasteiger charge is -2.21. The minimum Gasteiger partial charge on any atom is -0.235 e. The van der Waals surface area contributed by atoms with Gasteiger partial charge in [0.05, 0.1) is 0 Å². The second-order valence-corrected chi connectivity index (χ2v) is 7.62. The van der Waals surface area contributed by atoms with E-state index in [0.717, 1.165) is 25.7 Å². The molecule has 2 fully saturated rings. The van der Waals surface area contributed by atoms with Crippen molar-refractivity contribution in [2.24, 2.45) is 13.0 Å². The Morgan fingerprint density at radius 3 is 2.50 bits per heavy atom. The Hall–Kier alpha value is -0.470. The quantitative estimate of drug-likeness (QED) is 0.809. The maximum atomic E-state index is 12.7. The van der Waals surface area contributed by atoms with E-state index in [1.807, 2.05) is 0 Å². The summed E-state index contributed by atoms with van der Waals surface area (Å²) in [5.74, 6) is 0.542. The van der Waals surface area contributed by atoms with E-state index in [4.69, 9.17) is 0 Å². The molecule has 0 amide bonds. The SMILES string of the molecule is Cn1nnc(Br)c1S(=O)(=O)N(CC1CC1)C1CC1. The van der Waals surface area contributed by atoms with E-state index in [1.54, 1.807) is 11.4 Å². The van der Waals surface area contributed by atoms with Crippen LogP contribution in [-0.2, 0) is 17.1 Å². The first-order valence-corrected chi connectivity index (χ1v) is 8.30. The zero-order chi connectivity index (χ0) is 12.9. The number of hydrogen-bond acceptors (Lipinski definition) is 4. The molecule has 0 aromatic carbocycles. The molecule has 1 aromatic heterocycles. The van der Waals surface area contributed by atoms with Gasteiger partial charge in [0, 0.05) is 19.6 Å². The molecule has 0 bridgehead atoms. The molecule has 3 rings (SSSR count). The number of hydrogen-bond donors (Lipinski definition) is 0. The van der Waals surface area contributed by atoms with Gasteiger partial charge >= 0.3 is 0 Å². The van der Waals surface area contributed by atoms with Gasteiger partial charge in [-0.05, 0) is 47.5 Å². The number of aromatic nitrogens is 3. The highest BCUT2D eigenvalue weighted by atomic mass is 79.9. The van der Waals surface area contributed by atoms with Crippen LogP contribution in [0.1, 0.15) is 25.7 Å². The molecule has 6 nitrogen and oxygen atoms in total. The summed E-state index contributed by atoms with van der Waals surface area (Å²) in [5, 5.41) is 7.68. The molecule has 0 saturated heterocycles. The lowest BCUT2D eigenvalue weighted by molar-refractivity contribution is 0.383. The minimum atomic E-state index is -3.49.